The fourth-order valence-electron chi connectivity index (χ4n) is 0.863. The zero-order valence-electron chi connectivity index (χ0n) is 6.55. The molecule has 3 nitrogen and oxygen atoms in total. The molecule has 13 heavy (non-hydrogen) atoms. The van der Waals surface area contributed by atoms with Crippen molar-refractivity contribution < 1.29 is 14.3 Å². The highest BCUT2D eigenvalue weighted by molar-refractivity contribution is 9.09. The Morgan fingerprint density at radius 1 is 1.62 bits per heavy atom. The summed E-state index contributed by atoms with van der Waals surface area (Å²) in [5, 5.41) is 9.12. The number of hydrogen-bond acceptors (Lipinski definition) is 3. The van der Waals surface area contributed by atoms with Crippen LogP contribution in [0.2, 0.25) is 0 Å². The predicted octanol–water partition coefficient (Wildman–Crippen LogP) is 1.69. The lowest BCUT2D eigenvalue weighted by molar-refractivity contribution is 0.101. The molecular weight excluding hydrogens is 241 g/mol. The van der Waals surface area contributed by atoms with Crippen LogP contribution in [0.3, 0.4) is 0 Å². The summed E-state index contributed by atoms with van der Waals surface area (Å²) >= 11 is 2.90. The first kappa shape index (κ1) is 9.98. The second-order valence-electron chi connectivity index (χ2n) is 2.45. The van der Waals surface area contributed by atoms with Crippen molar-refractivity contribution in [3.8, 4) is 5.75 Å². The van der Waals surface area contributed by atoms with Crippen molar-refractivity contribution in [3.05, 3.63) is 23.5 Å². The van der Waals surface area contributed by atoms with Gasteiger partial charge in [-0.3, -0.25) is 4.79 Å². The van der Waals surface area contributed by atoms with E-state index in [1.165, 1.54) is 0 Å². The smallest absolute Gasteiger partial charge is 0.176 e. The van der Waals surface area contributed by atoms with Crippen LogP contribution in [0, 0.1) is 5.82 Å². The Hall–Kier alpha value is -1.10. The molecule has 0 amide bonds. The fourth-order valence-corrected chi connectivity index (χ4v) is 1.16. The van der Waals surface area contributed by atoms with Gasteiger partial charge >= 0.3 is 0 Å². The molecule has 0 heterocycles. The zero-order chi connectivity index (χ0) is 10.0. The number of phenolic OH excluding ortho intramolecular Hbond substituents is 1. The zero-order valence-corrected chi connectivity index (χ0v) is 8.14. The number of alkyl halides is 1. The lowest BCUT2D eigenvalue weighted by atomic mass is 10.1. The molecule has 0 unspecified atom stereocenters. The average Bonchev–Trinajstić information content (AvgIpc) is 2.10. The van der Waals surface area contributed by atoms with Crippen molar-refractivity contribution in [1.82, 2.24) is 0 Å². The van der Waals surface area contributed by atoms with E-state index < -0.39 is 11.6 Å². The maximum atomic E-state index is 13.0. The van der Waals surface area contributed by atoms with E-state index in [9.17, 15) is 9.18 Å². The normalized spacial score (nSPS) is 10.0. The van der Waals surface area contributed by atoms with Crippen molar-refractivity contribution >= 4 is 27.4 Å². The van der Waals surface area contributed by atoms with Crippen molar-refractivity contribution in [2.24, 2.45) is 0 Å². The maximum Gasteiger partial charge on any atom is 0.176 e. The van der Waals surface area contributed by atoms with E-state index in [2.05, 4.69) is 15.9 Å². The average molecular weight is 248 g/mol. The molecule has 0 saturated carbocycles. The van der Waals surface area contributed by atoms with Gasteiger partial charge in [-0.15, -0.1) is 0 Å². The number of phenols is 1. The van der Waals surface area contributed by atoms with Crippen LogP contribution in [0.25, 0.3) is 0 Å². The number of benzene rings is 1. The van der Waals surface area contributed by atoms with E-state index in [0.717, 1.165) is 12.1 Å². The highest BCUT2D eigenvalue weighted by Gasteiger charge is 2.13. The Labute approximate surface area is 82.5 Å². The summed E-state index contributed by atoms with van der Waals surface area (Å²) in [6.45, 7) is 0. The fraction of sp³-hybridized carbons (Fsp3) is 0.125. The Bertz CT molecular complexity index is 354. The van der Waals surface area contributed by atoms with Crippen LogP contribution in [0.5, 0.6) is 5.75 Å². The van der Waals surface area contributed by atoms with Crippen LogP contribution in [0.1, 0.15) is 10.4 Å². The van der Waals surface area contributed by atoms with Crippen molar-refractivity contribution in [1.29, 1.82) is 0 Å². The topological polar surface area (TPSA) is 63.3 Å². The molecule has 0 aliphatic carbocycles. The summed E-state index contributed by atoms with van der Waals surface area (Å²) in [6, 6.07) is 1.94. The molecule has 0 saturated heterocycles. The van der Waals surface area contributed by atoms with Crippen molar-refractivity contribution in [2.75, 3.05) is 11.1 Å². The van der Waals surface area contributed by atoms with Crippen molar-refractivity contribution in [3.63, 3.8) is 0 Å². The van der Waals surface area contributed by atoms with Crippen LogP contribution in [-0.4, -0.2) is 16.2 Å². The first-order chi connectivity index (χ1) is 6.06. The number of anilines is 1. The van der Waals surface area contributed by atoms with E-state index in [4.69, 9.17) is 10.8 Å². The van der Waals surface area contributed by atoms with Crippen molar-refractivity contribution in [2.45, 2.75) is 0 Å². The number of carbonyl (C=O) groups excluding carboxylic acids is 1. The lowest BCUT2D eigenvalue weighted by Gasteiger charge is -2.03. The molecular formula is C8H7BrFNO2. The minimum atomic E-state index is -0.722. The molecule has 0 atom stereocenters. The van der Waals surface area contributed by atoms with Gasteiger partial charge in [0.25, 0.3) is 0 Å². The Morgan fingerprint density at radius 2 is 2.23 bits per heavy atom. The van der Waals surface area contributed by atoms with Gasteiger partial charge in [-0.05, 0) is 6.07 Å². The third kappa shape index (κ3) is 1.98. The van der Waals surface area contributed by atoms with Gasteiger partial charge in [0.05, 0.1) is 16.6 Å². The number of hydrogen-bond donors (Lipinski definition) is 2. The second-order valence-corrected chi connectivity index (χ2v) is 3.01. The van der Waals surface area contributed by atoms with Crippen LogP contribution < -0.4 is 5.73 Å². The highest BCUT2D eigenvalue weighted by atomic mass is 79.9. The number of ketones is 1. The summed E-state index contributed by atoms with van der Waals surface area (Å²) < 4.78 is 13.0. The van der Waals surface area contributed by atoms with Gasteiger partial charge in [-0.2, -0.15) is 0 Å². The molecule has 0 bridgehead atoms. The lowest BCUT2D eigenvalue weighted by Crippen LogP contribution is -2.04. The molecule has 0 radical (unpaired) electrons. The van der Waals surface area contributed by atoms with Gasteiger partial charge in [-0.1, -0.05) is 15.9 Å². The number of aromatic hydroxyl groups is 1. The number of carbonyl (C=O) groups is 1. The van der Waals surface area contributed by atoms with Gasteiger partial charge in [0, 0.05) is 6.07 Å². The minimum absolute atomic E-state index is 0.00722. The van der Waals surface area contributed by atoms with Crippen LogP contribution in [-0.2, 0) is 0 Å². The number of rotatable bonds is 2. The molecule has 0 spiro atoms. The summed E-state index contributed by atoms with van der Waals surface area (Å²) in [5.74, 6) is -1.45. The second kappa shape index (κ2) is 3.74. The van der Waals surface area contributed by atoms with Gasteiger partial charge < -0.3 is 10.8 Å². The largest absolute Gasteiger partial charge is 0.506 e. The summed E-state index contributed by atoms with van der Waals surface area (Å²) in [5.41, 5.74) is 4.97. The SMILES string of the molecule is Nc1cc(F)c(C(=O)CBr)cc1O. The Balaban J connectivity index is 3.23. The number of halogens is 2. The third-order valence-electron chi connectivity index (χ3n) is 1.54. The van der Waals surface area contributed by atoms with Crippen LogP contribution in [0.15, 0.2) is 12.1 Å². The molecule has 1 rings (SSSR count). The van der Waals surface area contributed by atoms with Crippen LogP contribution in [0.4, 0.5) is 10.1 Å². The standard InChI is InChI=1S/C8H7BrFNO2/c9-3-8(13)4-1-7(12)6(11)2-5(4)10/h1-2,12H,3,11H2. The highest BCUT2D eigenvalue weighted by Crippen LogP contribution is 2.24. The predicted molar refractivity (Wildman–Crippen MR) is 50.6 cm³/mol. The molecule has 3 N–H and O–H groups in total. The summed E-state index contributed by atoms with van der Waals surface area (Å²) in [7, 11) is 0. The molecule has 0 aliphatic rings. The van der Waals surface area contributed by atoms with Gasteiger partial charge in [-0.25, -0.2) is 4.39 Å². The van der Waals surface area contributed by atoms with E-state index in [-0.39, 0.29) is 22.3 Å². The molecule has 1 aromatic rings. The first-order valence-electron chi connectivity index (χ1n) is 3.43. The Kier molecular flexibility index (Phi) is 2.87. The van der Waals surface area contributed by atoms with Gasteiger partial charge in [0.15, 0.2) is 5.78 Å². The number of nitrogen functional groups attached to an aromatic ring is 1. The van der Waals surface area contributed by atoms with E-state index in [1.807, 2.05) is 0 Å². The summed E-state index contributed by atoms with van der Waals surface area (Å²) in [4.78, 5) is 11.1. The molecule has 0 fully saturated rings. The molecule has 70 valence electrons. The summed E-state index contributed by atoms with van der Waals surface area (Å²) in [6.07, 6.45) is 0. The Morgan fingerprint density at radius 3 is 2.77 bits per heavy atom. The monoisotopic (exact) mass is 247 g/mol. The minimum Gasteiger partial charge on any atom is -0.506 e. The van der Waals surface area contributed by atoms with E-state index >= 15 is 0 Å². The van der Waals surface area contributed by atoms with E-state index in [1.54, 1.807) is 0 Å². The quantitative estimate of drug-likeness (QED) is 0.362. The molecule has 5 heteroatoms. The number of Topliss-reactive ketones (excluding diaryl/α,β-unsaturated/α-hetero) is 1. The van der Waals surface area contributed by atoms with Gasteiger partial charge in [0.1, 0.15) is 11.6 Å². The van der Waals surface area contributed by atoms with Gasteiger partial charge in [0.2, 0.25) is 0 Å². The molecule has 1 aromatic carbocycles. The molecule has 0 aliphatic heterocycles. The third-order valence-corrected chi connectivity index (χ3v) is 2.05. The first-order valence-corrected chi connectivity index (χ1v) is 4.55. The van der Waals surface area contributed by atoms with E-state index in [0.29, 0.717) is 0 Å². The van der Waals surface area contributed by atoms with Crippen LogP contribution >= 0.6 is 15.9 Å². The number of nitrogens with two attached hydrogens (primary N) is 1. The molecule has 0 aromatic heterocycles. The maximum absolute atomic E-state index is 13.0.